The summed E-state index contributed by atoms with van der Waals surface area (Å²) in [5.41, 5.74) is 5.27. The number of likely N-dealkylation sites (tertiary alicyclic amines) is 1. The van der Waals surface area contributed by atoms with E-state index >= 15 is 0 Å². The maximum atomic E-state index is 4.42. The van der Waals surface area contributed by atoms with Crippen LogP contribution in [0.15, 0.2) is 41.5 Å². The molecule has 1 fully saturated rings. The van der Waals surface area contributed by atoms with Crippen LogP contribution in [0.5, 0.6) is 0 Å². The van der Waals surface area contributed by atoms with Gasteiger partial charge in [-0.25, -0.2) is 0 Å². The van der Waals surface area contributed by atoms with Gasteiger partial charge in [0.05, 0.1) is 0 Å². The molecule has 2 heterocycles. The van der Waals surface area contributed by atoms with Crippen molar-refractivity contribution in [2.45, 2.75) is 45.6 Å². The summed E-state index contributed by atoms with van der Waals surface area (Å²) in [5, 5.41) is 8.43. The highest BCUT2D eigenvalue weighted by atomic mass is 127. The van der Waals surface area contributed by atoms with Crippen molar-refractivity contribution in [2.75, 3.05) is 33.2 Å². The quantitative estimate of drug-likeness (QED) is 0.228. The number of H-pyrrole nitrogens is 1. The van der Waals surface area contributed by atoms with Crippen LogP contribution in [-0.2, 0) is 12.8 Å². The Hall–Kier alpha value is -1.54. The zero-order chi connectivity index (χ0) is 19.9. The molecule has 1 aliphatic rings. The number of hydrogen-bond donors (Lipinski definition) is 3. The van der Waals surface area contributed by atoms with Crippen molar-refractivity contribution in [1.29, 1.82) is 0 Å². The van der Waals surface area contributed by atoms with E-state index in [1.165, 1.54) is 27.6 Å². The third kappa shape index (κ3) is 6.47. The molecule has 1 saturated heterocycles. The number of rotatable bonds is 7. The lowest BCUT2D eigenvalue weighted by atomic mass is 10.0. The van der Waals surface area contributed by atoms with E-state index in [0.29, 0.717) is 6.04 Å². The second-order valence-corrected chi connectivity index (χ2v) is 7.91. The van der Waals surface area contributed by atoms with Gasteiger partial charge in [0, 0.05) is 56.4 Å². The van der Waals surface area contributed by atoms with Gasteiger partial charge in [-0.15, -0.1) is 24.0 Å². The predicted molar refractivity (Wildman–Crippen MR) is 136 cm³/mol. The Morgan fingerprint density at radius 1 is 1.28 bits per heavy atom. The zero-order valence-electron chi connectivity index (χ0n) is 18.1. The molecule has 29 heavy (non-hydrogen) atoms. The first-order valence-corrected chi connectivity index (χ1v) is 10.5. The number of nitrogens with zero attached hydrogens (tertiary/aromatic N) is 2. The van der Waals surface area contributed by atoms with Gasteiger partial charge in [0.15, 0.2) is 5.96 Å². The first-order chi connectivity index (χ1) is 13.6. The molecule has 3 N–H and O–H groups in total. The van der Waals surface area contributed by atoms with E-state index in [-0.39, 0.29) is 24.0 Å². The summed E-state index contributed by atoms with van der Waals surface area (Å²) >= 11 is 0. The smallest absolute Gasteiger partial charge is 0.191 e. The molecule has 0 bridgehead atoms. The van der Waals surface area contributed by atoms with Gasteiger partial charge in [-0.1, -0.05) is 37.3 Å². The number of nitrogens with one attached hydrogen (secondary N) is 3. The third-order valence-corrected chi connectivity index (χ3v) is 5.60. The van der Waals surface area contributed by atoms with E-state index < -0.39 is 0 Å². The first kappa shape index (κ1) is 23.7. The Labute approximate surface area is 192 Å². The molecule has 0 amide bonds. The number of benzene rings is 1. The molecule has 1 aromatic heterocycles. The van der Waals surface area contributed by atoms with Crippen LogP contribution in [0, 0.1) is 0 Å². The van der Waals surface area contributed by atoms with E-state index in [1.807, 2.05) is 7.05 Å². The zero-order valence-corrected chi connectivity index (χ0v) is 20.4. The topological polar surface area (TPSA) is 55.4 Å². The Morgan fingerprint density at radius 3 is 2.69 bits per heavy atom. The van der Waals surface area contributed by atoms with Crippen molar-refractivity contribution in [1.82, 2.24) is 20.5 Å². The number of fused-ring (bicyclic) bond motifs is 1. The number of aromatic nitrogens is 1. The predicted octanol–water partition coefficient (Wildman–Crippen LogP) is 4.10. The van der Waals surface area contributed by atoms with E-state index in [1.54, 1.807) is 0 Å². The van der Waals surface area contributed by atoms with Gasteiger partial charge in [-0.3, -0.25) is 9.89 Å². The monoisotopic (exact) mass is 509 g/mol. The van der Waals surface area contributed by atoms with E-state index in [4.69, 9.17) is 0 Å². The van der Waals surface area contributed by atoms with Gasteiger partial charge in [-0.2, -0.15) is 0 Å². The number of guanidine groups is 1. The maximum Gasteiger partial charge on any atom is 0.191 e. The lowest BCUT2D eigenvalue weighted by Gasteiger charge is -2.33. The summed E-state index contributed by atoms with van der Waals surface area (Å²) in [4.78, 5) is 10.4. The van der Waals surface area contributed by atoms with Gasteiger partial charge in [0.2, 0.25) is 0 Å². The number of aryl methyl sites for hydroxylation is 1. The third-order valence-electron chi connectivity index (χ3n) is 5.60. The summed E-state index contributed by atoms with van der Waals surface area (Å²) in [5.74, 6) is 0.910. The molecule has 5 nitrogen and oxygen atoms in total. The Morgan fingerprint density at radius 2 is 2.03 bits per heavy atom. The van der Waals surface area contributed by atoms with Gasteiger partial charge in [0.1, 0.15) is 0 Å². The normalized spacial score (nSPS) is 15.9. The summed E-state index contributed by atoms with van der Waals surface area (Å²) in [6, 6.07) is 7.07. The number of piperidine rings is 1. The van der Waals surface area contributed by atoms with Gasteiger partial charge < -0.3 is 15.6 Å². The second kappa shape index (κ2) is 11.6. The van der Waals surface area contributed by atoms with Crippen molar-refractivity contribution in [2.24, 2.45) is 4.99 Å². The van der Waals surface area contributed by atoms with Crippen LogP contribution in [0.1, 0.15) is 37.8 Å². The van der Waals surface area contributed by atoms with Crippen LogP contribution in [0.2, 0.25) is 0 Å². The van der Waals surface area contributed by atoms with E-state index in [0.717, 1.165) is 57.8 Å². The Balaban J connectivity index is 0.00000300. The highest BCUT2D eigenvalue weighted by Crippen LogP contribution is 2.22. The van der Waals surface area contributed by atoms with Crippen molar-refractivity contribution in [3.8, 4) is 0 Å². The molecule has 2 aromatic rings. The Bertz CT molecular complexity index is 818. The van der Waals surface area contributed by atoms with Gasteiger partial charge in [0.25, 0.3) is 0 Å². The average Bonchev–Trinajstić information content (AvgIpc) is 3.11. The SMILES string of the molecule is C=C(C)CN1CCC(NC(=NC)NCCc2c[nH]c3c(CC)cccc23)CC1.I. The summed E-state index contributed by atoms with van der Waals surface area (Å²) < 4.78 is 0. The van der Waals surface area contributed by atoms with Crippen LogP contribution in [-0.4, -0.2) is 55.1 Å². The average molecular weight is 509 g/mol. The molecule has 0 radical (unpaired) electrons. The molecule has 0 unspecified atom stereocenters. The molecule has 0 spiro atoms. The lowest BCUT2D eigenvalue weighted by molar-refractivity contribution is 0.221. The number of aliphatic imine (C=N–C) groups is 1. The fraction of sp³-hybridized carbons (Fsp3) is 0.522. The molecule has 3 rings (SSSR count). The molecule has 160 valence electrons. The first-order valence-electron chi connectivity index (χ1n) is 10.5. The minimum Gasteiger partial charge on any atom is -0.361 e. The van der Waals surface area contributed by atoms with E-state index in [9.17, 15) is 0 Å². The largest absolute Gasteiger partial charge is 0.361 e. The van der Waals surface area contributed by atoms with Crippen LogP contribution in [0.3, 0.4) is 0 Å². The fourth-order valence-electron chi connectivity index (χ4n) is 4.10. The lowest BCUT2D eigenvalue weighted by Crippen LogP contribution is -2.49. The van der Waals surface area contributed by atoms with Crippen molar-refractivity contribution >= 4 is 40.8 Å². The van der Waals surface area contributed by atoms with Crippen LogP contribution in [0.25, 0.3) is 10.9 Å². The number of hydrogen-bond acceptors (Lipinski definition) is 2. The van der Waals surface area contributed by atoms with E-state index in [2.05, 4.69) is 70.3 Å². The fourth-order valence-corrected chi connectivity index (χ4v) is 4.10. The summed E-state index contributed by atoms with van der Waals surface area (Å²) in [6.07, 6.45) is 6.48. The number of para-hydroxylation sites is 1. The van der Waals surface area contributed by atoms with Crippen LogP contribution in [0.4, 0.5) is 0 Å². The second-order valence-electron chi connectivity index (χ2n) is 7.91. The Kier molecular flexibility index (Phi) is 9.49. The standard InChI is InChI=1S/C23H35N5.HI/c1-5-18-7-6-8-21-19(15-26-22(18)21)9-12-25-23(24-4)27-20-10-13-28(14-11-20)16-17(2)3;/h6-8,15,20,26H,2,5,9-14,16H2,1,3-4H3,(H2,24,25,27);1H. The summed E-state index contributed by atoms with van der Waals surface area (Å²) in [7, 11) is 1.85. The minimum absolute atomic E-state index is 0. The number of aromatic amines is 1. The van der Waals surface area contributed by atoms with Gasteiger partial charge in [-0.05, 0) is 43.7 Å². The molecule has 0 aliphatic carbocycles. The summed E-state index contributed by atoms with van der Waals surface area (Å²) in [6.45, 7) is 12.5. The number of halogens is 1. The molecular weight excluding hydrogens is 473 g/mol. The van der Waals surface area contributed by atoms with Crippen molar-refractivity contribution in [3.05, 3.63) is 47.7 Å². The highest BCUT2D eigenvalue weighted by Gasteiger charge is 2.19. The minimum atomic E-state index is 0. The van der Waals surface area contributed by atoms with Crippen molar-refractivity contribution in [3.63, 3.8) is 0 Å². The van der Waals surface area contributed by atoms with Crippen LogP contribution >= 0.6 is 24.0 Å². The van der Waals surface area contributed by atoms with Crippen molar-refractivity contribution < 1.29 is 0 Å². The van der Waals surface area contributed by atoms with Gasteiger partial charge >= 0.3 is 0 Å². The molecule has 0 saturated carbocycles. The molecule has 6 heteroatoms. The molecular formula is C23H36IN5. The highest BCUT2D eigenvalue weighted by molar-refractivity contribution is 14.0. The van der Waals surface area contributed by atoms with Crippen LogP contribution < -0.4 is 10.6 Å². The molecule has 1 aliphatic heterocycles. The molecule has 0 atom stereocenters. The molecule has 1 aromatic carbocycles. The maximum absolute atomic E-state index is 4.42.